The van der Waals surface area contributed by atoms with E-state index in [4.69, 9.17) is 5.73 Å². The summed E-state index contributed by atoms with van der Waals surface area (Å²) in [6.45, 7) is 0. The van der Waals surface area contributed by atoms with E-state index in [9.17, 15) is 19.3 Å². The lowest BCUT2D eigenvalue weighted by Crippen LogP contribution is -2.15. The predicted molar refractivity (Wildman–Crippen MR) is 59.7 cm³/mol. The summed E-state index contributed by atoms with van der Waals surface area (Å²) in [7, 11) is 0. The molecule has 0 aliphatic carbocycles. The van der Waals surface area contributed by atoms with Crippen LogP contribution in [0, 0.1) is 15.9 Å². The Kier molecular flexibility index (Phi) is 3.06. The normalized spacial score (nSPS) is 10.2. The predicted octanol–water partition coefficient (Wildman–Crippen LogP) is 0.951. The highest BCUT2D eigenvalue weighted by Gasteiger charge is 2.19. The summed E-state index contributed by atoms with van der Waals surface area (Å²) < 4.78 is 17.6. The molecule has 0 unspecified atom stereocenters. The maximum absolute atomic E-state index is 13.4. The SMILES string of the molecule is Nc1nonc1C(=O)Nc1cc([N+](=O)[O-])ccc1F. The highest BCUT2D eigenvalue weighted by Crippen LogP contribution is 2.22. The number of carbonyl (C=O) groups is 1. The molecule has 0 atom stereocenters. The first-order valence-corrected chi connectivity index (χ1v) is 4.82. The summed E-state index contributed by atoms with van der Waals surface area (Å²) in [6, 6.07) is 2.70. The van der Waals surface area contributed by atoms with Gasteiger partial charge in [0.1, 0.15) is 5.82 Å². The molecule has 19 heavy (non-hydrogen) atoms. The van der Waals surface area contributed by atoms with Crippen LogP contribution in [0.25, 0.3) is 0 Å². The van der Waals surface area contributed by atoms with Gasteiger partial charge in [0.25, 0.3) is 11.6 Å². The van der Waals surface area contributed by atoms with Crippen LogP contribution in [0.4, 0.5) is 21.6 Å². The molecule has 0 saturated heterocycles. The van der Waals surface area contributed by atoms with Gasteiger partial charge in [0.2, 0.25) is 11.5 Å². The Bertz CT molecular complexity index is 656. The minimum atomic E-state index is -0.891. The van der Waals surface area contributed by atoms with E-state index >= 15 is 0 Å². The molecule has 0 fully saturated rings. The Balaban J connectivity index is 2.28. The summed E-state index contributed by atoms with van der Waals surface area (Å²) in [5.74, 6) is -2.00. The first kappa shape index (κ1) is 12.4. The zero-order valence-corrected chi connectivity index (χ0v) is 9.16. The van der Waals surface area contributed by atoms with Crippen molar-refractivity contribution in [3.8, 4) is 0 Å². The van der Waals surface area contributed by atoms with Gasteiger partial charge in [-0.1, -0.05) is 0 Å². The molecule has 0 saturated carbocycles. The lowest BCUT2D eigenvalue weighted by Gasteiger charge is -2.04. The standard InChI is InChI=1S/C9H6FN5O4/c10-5-2-1-4(15(17)18)3-6(5)12-9(16)7-8(11)14-19-13-7/h1-3H,(H2,11,14)(H,12,16). The van der Waals surface area contributed by atoms with E-state index in [1.807, 2.05) is 0 Å². The van der Waals surface area contributed by atoms with E-state index in [1.54, 1.807) is 0 Å². The molecule has 1 heterocycles. The van der Waals surface area contributed by atoms with Crippen molar-refractivity contribution in [2.24, 2.45) is 0 Å². The number of amides is 1. The van der Waals surface area contributed by atoms with Crippen molar-refractivity contribution in [2.75, 3.05) is 11.1 Å². The minimum absolute atomic E-state index is 0.275. The quantitative estimate of drug-likeness (QED) is 0.623. The van der Waals surface area contributed by atoms with Crippen LogP contribution >= 0.6 is 0 Å². The van der Waals surface area contributed by atoms with Crippen molar-refractivity contribution in [3.63, 3.8) is 0 Å². The molecule has 1 aromatic carbocycles. The minimum Gasteiger partial charge on any atom is -0.379 e. The fourth-order valence-corrected chi connectivity index (χ4v) is 1.26. The fourth-order valence-electron chi connectivity index (χ4n) is 1.26. The lowest BCUT2D eigenvalue weighted by atomic mass is 10.2. The molecular weight excluding hydrogens is 261 g/mol. The fraction of sp³-hybridized carbons (Fsp3) is 0. The molecule has 0 bridgehead atoms. The van der Waals surface area contributed by atoms with Crippen molar-refractivity contribution in [2.45, 2.75) is 0 Å². The van der Waals surface area contributed by atoms with Crippen LogP contribution in [0.3, 0.4) is 0 Å². The first-order valence-electron chi connectivity index (χ1n) is 4.82. The number of hydrogen-bond acceptors (Lipinski definition) is 7. The number of benzene rings is 1. The molecular formula is C9H6FN5O4. The topological polar surface area (TPSA) is 137 Å². The molecule has 98 valence electrons. The Morgan fingerprint density at radius 1 is 1.47 bits per heavy atom. The molecule has 3 N–H and O–H groups in total. The van der Waals surface area contributed by atoms with Gasteiger partial charge in [-0.25, -0.2) is 9.02 Å². The number of nitrogen functional groups attached to an aromatic ring is 1. The van der Waals surface area contributed by atoms with Crippen LogP contribution < -0.4 is 11.1 Å². The number of nitrogens with zero attached hydrogens (tertiary/aromatic N) is 3. The molecule has 9 nitrogen and oxygen atoms in total. The lowest BCUT2D eigenvalue weighted by molar-refractivity contribution is -0.384. The van der Waals surface area contributed by atoms with Crippen LogP contribution in [-0.2, 0) is 0 Å². The Hall–Kier alpha value is -3.04. The van der Waals surface area contributed by atoms with Crippen molar-refractivity contribution in [1.29, 1.82) is 0 Å². The third-order valence-corrected chi connectivity index (χ3v) is 2.14. The molecule has 2 aromatic rings. The Morgan fingerprint density at radius 3 is 2.79 bits per heavy atom. The van der Waals surface area contributed by atoms with Crippen molar-refractivity contribution in [3.05, 3.63) is 39.8 Å². The Morgan fingerprint density at radius 2 is 2.21 bits per heavy atom. The maximum Gasteiger partial charge on any atom is 0.281 e. The highest BCUT2D eigenvalue weighted by molar-refractivity contribution is 6.05. The van der Waals surface area contributed by atoms with E-state index in [0.717, 1.165) is 18.2 Å². The number of rotatable bonds is 3. The largest absolute Gasteiger partial charge is 0.379 e. The second kappa shape index (κ2) is 4.68. The number of non-ortho nitro benzene ring substituents is 1. The van der Waals surface area contributed by atoms with E-state index in [1.165, 1.54) is 0 Å². The second-order valence-electron chi connectivity index (χ2n) is 3.37. The van der Waals surface area contributed by atoms with Crippen molar-refractivity contribution in [1.82, 2.24) is 10.3 Å². The summed E-state index contributed by atoms with van der Waals surface area (Å²) in [4.78, 5) is 21.5. The summed E-state index contributed by atoms with van der Waals surface area (Å²) >= 11 is 0. The molecule has 1 aromatic heterocycles. The van der Waals surface area contributed by atoms with Crippen LogP contribution in [0.2, 0.25) is 0 Å². The number of nitrogens with one attached hydrogen (secondary N) is 1. The number of hydrogen-bond donors (Lipinski definition) is 2. The zero-order valence-electron chi connectivity index (χ0n) is 9.16. The second-order valence-corrected chi connectivity index (χ2v) is 3.37. The maximum atomic E-state index is 13.4. The van der Waals surface area contributed by atoms with Crippen LogP contribution in [0.1, 0.15) is 10.5 Å². The smallest absolute Gasteiger partial charge is 0.281 e. The number of nitro groups is 1. The Labute approximate surface area is 104 Å². The van der Waals surface area contributed by atoms with Crippen LogP contribution in [0.15, 0.2) is 22.8 Å². The molecule has 0 aliphatic heterocycles. The third kappa shape index (κ3) is 2.46. The third-order valence-electron chi connectivity index (χ3n) is 2.14. The van der Waals surface area contributed by atoms with Gasteiger partial charge in [-0.15, -0.1) is 0 Å². The van der Waals surface area contributed by atoms with Gasteiger partial charge < -0.3 is 11.1 Å². The zero-order chi connectivity index (χ0) is 14.0. The molecule has 0 radical (unpaired) electrons. The van der Waals surface area contributed by atoms with E-state index < -0.39 is 16.6 Å². The van der Waals surface area contributed by atoms with Crippen LogP contribution in [0.5, 0.6) is 0 Å². The number of aromatic nitrogens is 2. The number of nitro benzene ring substituents is 1. The molecule has 0 spiro atoms. The van der Waals surface area contributed by atoms with Gasteiger partial charge >= 0.3 is 0 Å². The van der Waals surface area contributed by atoms with Crippen LogP contribution in [-0.4, -0.2) is 21.1 Å². The monoisotopic (exact) mass is 267 g/mol. The number of anilines is 2. The summed E-state index contributed by atoms with van der Waals surface area (Å²) in [5.41, 5.74) is 4.19. The van der Waals surface area contributed by atoms with Crippen molar-refractivity contribution >= 4 is 23.1 Å². The number of nitrogens with two attached hydrogens (primary N) is 1. The van der Waals surface area contributed by atoms with E-state index in [0.29, 0.717) is 0 Å². The van der Waals surface area contributed by atoms with E-state index in [-0.39, 0.29) is 22.9 Å². The molecule has 1 amide bonds. The van der Waals surface area contributed by atoms with Gasteiger partial charge in [0.15, 0.2) is 0 Å². The summed E-state index contributed by atoms with van der Waals surface area (Å²) in [6.07, 6.45) is 0. The van der Waals surface area contributed by atoms with Crippen molar-refractivity contribution < 1.29 is 18.7 Å². The van der Waals surface area contributed by atoms with Gasteiger partial charge in [0, 0.05) is 12.1 Å². The molecule has 2 rings (SSSR count). The van der Waals surface area contributed by atoms with E-state index in [2.05, 4.69) is 20.3 Å². The number of halogens is 1. The van der Waals surface area contributed by atoms with Gasteiger partial charge in [-0.3, -0.25) is 14.9 Å². The average Bonchev–Trinajstić information content (AvgIpc) is 2.78. The molecule has 10 heteroatoms. The number of carbonyl (C=O) groups excluding carboxylic acids is 1. The molecule has 0 aliphatic rings. The first-order chi connectivity index (χ1) is 8.99. The van der Waals surface area contributed by atoms with Gasteiger partial charge in [-0.2, -0.15) is 0 Å². The summed E-state index contributed by atoms with van der Waals surface area (Å²) in [5, 5.41) is 19.0. The highest BCUT2D eigenvalue weighted by atomic mass is 19.1. The average molecular weight is 267 g/mol. The van der Waals surface area contributed by atoms with Gasteiger partial charge in [0.05, 0.1) is 10.6 Å². The van der Waals surface area contributed by atoms with Gasteiger partial charge in [-0.05, 0) is 16.4 Å².